The Kier molecular flexibility index (Phi) is 7.91. The highest BCUT2D eigenvalue weighted by molar-refractivity contribution is 5.43. The maximum absolute atomic E-state index is 10.4. The van der Waals surface area contributed by atoms with Crippen LogP contribution in [-0.2, 0) is 20.1 Å². The van der Waals surface area contributed by atoms with Gasteiger partial charge in [0, 0.05) is 38.4 Å². The molecule has 2 heterocycles. The van der Waals surface area contributed by atoms with Crippen LogP contribution >= 0.6 is 0 Å². The van der Waals surface area contributed by atoms with Gasteiger partial charge in [-0.15, -0.1) is 0 Å². The highest BCUT2D eigenvalue weighted by Gasteiger charge is 2.16. The number of aromatic nitrogens is 2. The average molecular weight is 403 g/mol. The van der Waals surface area contributed by atoms with Crippen LogP contribution in [0.5, 0.6) is 11.5 Å². The molecule has 3 rings (SSSR count). The third-order valence-corrected chi connectivity index (χ3v) is 5.24. The summed E-state index contributed by atoms with van der Waals surface area (Å²) in [7, 11) is 5.65. The van der Waals surface area contributed by atoms with Crippen molar-refractivity contribution in [3.05, 3.63) is 41.7 Å². The van der Waals surface area contributed by atoms with Crippen molar-refractivity contribution in [1.29, 1.82) is 0 Å². The standard InChI is InChI=1S/C22H34N4O3/c1-24(14-19-12-23-25(2)15-19)13-18-7-8-21(28-3)22(11-18)29-17-20(27)16-26-9-5-4-6-10-26/h7-8,11-12,15,20,27H,4-6,9-10,13-14,16-17H2,1-3H3. The van der Waals surface area contributed by atoms with Crippen LogP contribution in [-0.4, -0.2) is 71.2 Å². The van der Waals surface area contributed by atoms with Gasteiger partial charge in [-0.3, -0.25) is 9.58 Å². The summed E-state index contributed by atoms with van der Waals surface area (Å²) < 4.78 is 13.2. The molecule has 0 aliphatic carbocycles. The molecule has 1 aliphatic heterocycles. The fourth-order valence-electron chi connectivity index (χ4n) is 3.84. The number of aliphatic hydroxyl groups is 1. The Morgan fingerprint density at radius 1 is 1.14 bits per heavy atom. The zero-order valence-electron chi connectivity index (χ0n) is 17.9. The van der Waals surface area contributed by atoms with Crippen molar-refractivity contribution in [1.82, 2.24) is 19.6 Å². The number of nitrogens with zero attached hydrogens (tertiary/aromatic N) is 4. The largest absolute Gasteiger partial charge is 0.493 e. The second-order valence-corrected chi connectivity index (χ2v) is 8.01. The first-order valence-corrected chi connectivity index (χ1v) is 10.4. The number of aryl methyl sites for hydroxylation is 1. The highest BCUT2D eigenvalue weighted by atomic mass is 16.5. The van der Waals surface area contributed by atoms with Crippen molar-refractivity contribution >= 4 is 0 Å². The van der Waals surface area contributed by atoms with Gasteiger partial charge in [0.15, 0.2) is 11.5 Å². The number of aliphatic hydroxyl groups excluding tert-OH is 1. The quantitative estimate of drug-likeness (QED) is 0.658. The van der Waals surface area contributed by atoms with Gasteiger partial charge in [0.25, 0.3) is 0 Å². The first-order valence-electron chi connectivity index (χ1n) is 10.4. The molecule has 1 saturated heterocycles. The third-order valence-electron chi connectivity index (χ3n) is 5.24. The first kappa shape index (κ1) is 21.6. The summed E-state index contributed by atoms with van der Waals surface area (Å²) in [4.78, 5) is 4.55. The SMILES string of the molecule is COc1ccc(CN(C)Cc2cnn(C)c2)cc1OCC(O)CN1CCCCC1. The van der Waals surface area contributed by atoms with Gasteiger partial charge < -0.3 is 19.5 Å². The van der Waals surface area contributed by atoms with Gasteiger partial charge in [0.1, 0.15) is 12.7 Å². The van der Waals surface area contributed by atoms with Gasteiger partial charge in [-0.2, -0.15) is 5.10 Å². The molecule has 7 nitrogen and oxygen atoms in total. The Labute approximate surface area is 173 Å². The zero-order chi connectivity index (χ0) is 20.6. The summed E-state index contributed by atoms with van der Waals surface area (Å²) >= 11 is 0. The molecule has 0 saturated carbocycles. The number of hydrogen-bond donors (Lipinski definition) is 1. The number of ether oxygens (including phenoxy) is 2. The van der Waals surface area contributed by atoms with Crippen LogP contribution in [0.3, 0.4) is 0 Å². The van der Waals surface area contributed by atoms with E-state index in [0.717, 1.165) is 31.7 Å². The van der Waals surface area contributed by atoms with Gasteiger partial charge in [-0.05, 0) is 50.7 Å². The third kappa shape index (κ3) is 6.73. The lowest BCUT2D eigenvalue weighted by atomic mass is 10.1. The second kappa shape index (κ2) is 10.6. The molecule has 2 aromatic rings. The molecular formula is C22H34N4O3. The molecule has 160 valence electrons. The molecule has 0 amide bonds. The fraction of sp³-hybridized carbons (Fsp3) is 0.591. The highest BCUT2D eigenvalue weighted by Crippen LogP contribution is 2.29. The van der Waals surface area contributed by atoms with Crippen molar-refractivity contribution in [3.63, 3.8) is 0 Å². The van der Waals surface area contributed by atoms with Crippen LogP contribution < -0.4 is 9.47 Å². The minimum absolute atomic E-state index is 0.266. The molecule has 0 bridgehead atoms. The number of piperidine rings is 1. The molecule has 1 atom stereocenters. The maximum atomic E-state index is 10.4. The Morgan fingerprint density at radius 3 is 2.59 bits per heavy atom. The summed E-state index contributed by atoms with van der Waals surface area (Å²) in [6.45, 7) is 4.67. The number of β-amino-alcohol motifs (C(OH)–C–C–N with tert-alkyl or cyclic N) is 1. The molecular weight excluding hydrogens is 368 g/mol. The number of benzene rings is 1. The van der Waals surface area contributed by atoms with E-state index in [2.05, 4.69) is 28.0 Å². The predicted molar refractivity (Wildman–Crippen MR) is 113 cm³/mol. The van der Waals surface area contributed by atoms with Crippen LogP contribution in [0.1, 0.15) is 30.4 Å². The topological polar surface area (TPSA) is 63.0 Å². The summed E-state index contributed by atoms with van der Waals surface area (Å²) in [5, 5.41) is 14.6. The van der Waals surface area contributed by atoms with Gasteiger partial charge in [0.05, 0.1) is 13.3 Å². The van der Waals surface area contributed by atoms with Crippen molar-refractivity contribution in [2.75, 3.05) is 40.4 Å². The molecule has 0 spiro atoms. The Bertz CT molecular complexity index is 758. The van der Waals surface area contributed by atoms with Gasteiger partial charge >= 0.3 is 0 Å². The summed E-state index contributed by atoms with van der Waals surface area (Å²) in [5.41, 5.74) is 2.32. The molecule has 7 heteroatoms. The van der Waals surface area contributed by atoms with Gasteiger partial charge in [-0.25, -0.2) is 0 Å². The normalized spacial score (nSPS) is 16.2. The number of likely N-dealkylation sites (tertiary alicyclic amines) is 1. The van der Waals surface area contributed by atoms with Gasteiger partial charge in [-0.1, -0.05) is 12.5 Å². The minimum atomic E-state index is -0.505. The lowest BCUT2D eigenvalue weighted by Gasteiger charge is -2.28. The Hall–Kier alpha value is -2.09. The minimum Gasteiger partial charge on any atom is -0.493 e. The average Bonchev–Trinajstić information content (AvgIpc) is 3.11. The van der Waals surface area contributed by atoms with E-state index in [-0.39, 0.29) is 6.61 Å². The van der Waals surface area contributed by atoms with E-state index in [1.807, 2.05) is 36.3 Å². The number of methoxy groups -OCH3 is 1. The molecule has 1 aliphatic rings. The zero-order valence-corrected chi connectivity index (χ0v) is 17.9. The van der Waals surface area contributed by atoms with Crippen molar-refractivity contribution in [2.24, 2.45) is 7.05 Å². The predicted octanol–water partition coefficient (Wildman–Crippen LogP) is 2.29. The molecule has 1 aromatic carbocycles. The van der Waals surface area contributed by atoms with Crippen LogP contribution in [0.25, 0.3) is 0 Å². The van der Waals surface area contributed by atoms with Crippen molar-refractivity contribution in [2.45, 2.75) is 38.5 Å². The van der Waals surface area contributed by atoms with E-state index in [4.69, 9.17) is 9.47 Å². The fourth-order valence-corrected chi connectivity index (χ4v) is 3.84. The molecule has 1 aromatic heterocycles. The van der Waals surface area contributed by atoms with E-state index in [9.17, 15) is 5.11 Å². The van der Waals surface area contributed by atoms with Crippen LogP contribution in [0.2, 0.25) is 0 Å². The van der Waals surface area contributed by atoms with Crippen molar-refractivity contribution < 1.29 is 14.6 Å². The maximum Gasteiger partial charge on any atom is 0.161 e. The molecule has 0 radical (unpaired) electrons. The van der Waals surface area contributed by atoms with Gasteiger partial charge in [0.2, 0.25) is 0 Å². The molecule has 1 unspecified atom stereocenters. The lowest BCUT2D eigenvalue weighted by Crippen LogP contribution is -2.38. The monoisotopic (exact) mass is 402 g/mol. The molecule has 29 heavy (non-hydrogen) atoms. The van der Waals surface area contributed by atoms with Crippen molar-refractivity contribution in [3.8, 4) is 11.5 Å². The first-order chi connectivity index (χ1) is 14.0. The van der Waals surface area contributed by atoms with Crippen LogP contribution in [0.4, 0.5) is 0 Å². The summed E-state index contributed by atoms with van der Waals surface area (Å²) in [5.74, 6) is 1.37. The Morgan fingerprint density at radius 2 is 1.90 bits per heavy atom. The van der Waals surface area contributed by atoms with E-state index in [0.29, 0.717) is 18.0 Å². The number of rotatable bonds is 10. The number of hydrogen-bond acceptors (Lipinski definition) is 6. The smallest absolute Gasteiger partial charge is 0.161 e. The van der Waals surface area contributed by atoms with E-state index in [1.54, 1.807) is 7.11 Å². The van der Waals surface area contributed by atoms with Crippen LogP contribution in [0, 0.1) is 0 Å². The van der Waals surface area contributed by atoms with E-state index >= 15 is 0 Å². The van der Waals surface area contributed by atoms with E-state index in [1.165, 1.54) is 24.8 Å². The molecule has 1 N–H and O–H groups in total. The molecule has 1 fully saturated rings. The summed E-state index contributed by atoms with van der Waals surface area (Å²) in [6.07, 6.45) is 7.15. The van der Waals surface area contributed by atoms with Crippen LogP contribution in [0.15, 0.2) is 30.6 Å². The lowest BCUT2D eigenvalue weighted by molar-refractivity contribution is 0.0608. The Balaban J connectivity index is 1.54. The summed E-state index contributed by atoms with van der Waals surface area (Å²) in [6, 6.07) is 5.99. The van der Waals surface area contributed by atoms with E-state index < -0.39 is 6.10 Å². The second-order valence-electron chi connectivity index (χ2n) is 8.01.